The Labute approximate surface area is 163 Å². The molecule has 0 atom stereocenters. The van der Waals surface area contributed by atoms with E-state index in [0.717, 1.165) is 45.0 Å². The number of piperazine rings is 1. The summed E-state index contributed by atoms with van der Waals surface area (Å²) in [5.74, 6) is 0.690. The average Bonchev–Trinajstić information content (AvgIpc) is 2.64. The SMILES string of the molecule is CCN(CC)C(=O)CN1CCN(CC(=O)Nc2ccc(C(C)C)cc2)CC1. The van der Waals surface area contributed by atoms with Gasteiger partial charge in [-0.3, -0.25) is 19.4 Å². The van der Waals surface area contributed by atoms with Gasteiger partial charge in [0.25, 0.3) is 0 Å². The number of carbonyl (C=O) groups is 2. The van der Waals surface area contributed by atoms with Crippen molar-refractivity contribution in [2.75, 3.05) is 57.7 Å². The monoisotopic (exact) mass is 374 g/mol. The summed E-state index contributed by atoms with van der Waals surface area (Å²) in [6.07, 6.45) is 0. The van der Waals surface area contributed by atoms with Crippen LogP contribution < -0.4 is 5.32 Å². The lowest BCUT2D eigenvalue weighted by atomic mass is 10.0. The van der Waals surface area contributed by atoms with Crippen molar-refractivity contribution in [3.8, 4) is 0 Å². The number of likely N-dealkylation sites (N-methyl/N-ethyl adjacent to an activating group) is 1. The number of benzene rings is 1. The molecule has 0 spiro atoms. The Balaban J connectivity index is 1.73. The normalized spacial score (nSPS) is 15.7. The molecule has 1 aliphatic heterocycles. The largest absolute Gasteiger partial charge is 0.342 e. The van der Waals surface area contributed by atoms with Crippen LogP contribution in [0.15, 0.2) is 24.3 Å². The zero-order chi connectivity index (χ0) is 19.8. The lowest BCUT2D eigenvalue weighted by molar-refractivity contribution is -0.132. The third-order valence-corrected chi connectivity index (χ3v) is 5.17. The van der Waals surface area contributed by atoms with Crippen LogP contribution in [0.25, 0.3) is 0 Å². The highest BCUT2D eigenvalue weighted by molar-refractivity contribution is 5.92. The van der Waals surface area contributed by atoms with Crippen molar-refractivity contribution in [3.63, 3.8) is 0 Å². The Bertz CT molecular complexity index is 603. The molecule has 0 radical (unpaired) electrons. The Morgan fingerprint density at radius 3 is 1.96 bits per heavy atom. The third kappa shape index (κ3) is 6.63. The maximum atomic E-state index is 12.3. The van der Waals surface area contributed by atoms with Crippen molar-refractivity contribution in [3.05, 3.63) is 29.8 Å². The molecule has 0 aliphatic carbocycles. The molecule has 2 amide bonds. The zero-order valence-electron chi connectivity index (χ0n) is 17.2. The van der Waals surface area contributed by atoms with Gasteiger partial charge in [0.1, 0.15) is 0 Å². The van der Waals surface area contributed by atoms with Crippen LogP contribution in [-0.2, 0) is 9.59 Å². The smallest absolute Gasteiger partial charge is 0.238 e. The minimum Gasteiger partial charge on any atom is -0.342 e. The van der Waals surface area contributed by atoms with Gasteiger partial charge in [-0.05, 0) is 37.5 Å². The Hall–Kier alpha value is -1.92. The fourth-order valence-electron chi connectivity index (χ4n) is 3.33. The predicted molar refractivity (Wildman–Crippen MR) is 110 cm³/mol. The summed E-state index contributed by atoms with van der Waals surface area (Å²) >= 11 is 0. The third-order valence-electron chi connectivity index (χ3n) is 5.17. The van der Waals surface area contributed by atoms with Crippen molar-refractivity contribution >= 4 is 17.5 Å². The molecule has 1 N–H and O–H groups in total. The maximum Gasteiger partial charge on any atom is 0.238 e. The van der Waals surface area contributed by atoms with Gasteiger partial charge in [0, 0.05) is 45.0 Å². The highest BCUT2D eigenvalue weighted by atomic mass is 16.2. The second kappa shape index (κ2) is 10.4. The molecule has 0 saturated carbocycles. The van der Waals surface area contributed by atoms with Crippen molar-refractivity contribution in [2.24, 2.45) is 0 Å². The Kier molecular flexibility index (Phi) is 8.25. The van der Waals surface area contributed by atoms with Crippen LogP contribution in [0.2, 0.25) is 0 Å². The maximum absolute atomic E-state index is 12.3. The Morgan fingerprint density at radius 2 is 1.48 bits per heavy atom. The second-order valence-corrected chi connectivity index (χ2v) is 7.44. The molecular weight excluding hydrogens is 340 g/mol. The van der Waals surface area contributed by atoms with Gasteiger partial charge in [0.15, 0.2) is 0 Å². The number of hydrogen-bond acceptors (Lipinski definition) is 4. The average molecular weight is 375 g/mol. The van der Waals surface area contributed by atoms with Gasteiger partial charge < -0.3 is 10.2 Å². The zero-order valence-corrected chi connectivity index (χ0v) is 17.2. The first-order valence-corrected chi connectivity index (χ1v) is 10.0. The van der Waals surface area contributed by atoms with E-state index in [9.17, 15) is 9.59 Å². The van der Waals surface area contributed by atoms with Crippen LogP contribution in [0.4, 0.5) is 5.69 Å². The number of nitrogens with one attached hydrogen (secondary N) is 1. The first-order chi connectivity index (χ1) is 12.9. The molecule has 1 aromatic carbocycles. The number of nitrogens with zero attached hydrogens (tertiary/aromatic N) is 3. The number of carbonyl (C=O) groups excluding carboxylic acids is 2. The van der Waals surface area contributed by atoms with Gasteiger partial charge in [-0.1, -0.05) is 26.0 Å². The molecule has 6 nitrogen and oxygen atoms in total. The van der Waals surface area contributed by atoms with Crippen molar-refractivity contribution < 1.29 is 9.59 Å². The summed E-state index contributed by atoms with van der Waals surface area (Å²) in [4.78, 5) is 30.7. The summed E-state index contributed by atoms with van der Waals surface area (Å²) in [6.45, 7) is 14.0. The van der Waals surface area contributed by atoms with Gasteiger partial charge >= 0.3 is 0 Å². The predicted octanol–water partition coefficient (Wildman–Crippen LogP) is 2.23. The topological polar surface area (TPSA) is 55.9 Å². The van der Waals surface area contributed by atoms with E-state index in [0.29, 0.717) is 19.0 Å². The highest BCUT2D eigenvalue weighted by Crippen LogP contribution is 2.17. The molecule has 0 bridgehead atoms. The Morgan fingerprint density at radius 1 is 0.963 bits per heavy atom. The van der Waals surface area contributed by atoms with Gasteiger partial charge in [-0.2, -0.15) is 0 Å². The highest BCUT2D eigenvalue weighted by Gasteiger charge is 2.22. The summed E-state index contributed by atoms with van der Waals surface area (Å²) in [6, 6.07) is 8.05. The molecule has 6 heteroatoms. The van der Waals surface area contributed by atoms with E-state index in [4.69, 9.17) is 0 Å². The molecule has 1 saturated heterocycles. The number of rotatable bonds is 8. The van der Waals surface area contributed by atoms with E-state index < -0.39 is 0 Å². The molecule has 1 fully saturated rings. The van der Waals surface area contributed by atoms with Gasteiger partial charge in [-0.25, -0.2) is 0 Å². The van der Waals surface area contributed by atoms with E-state index in [1.807, 2.05) is 30.9 Å². The van der Waals surface area contributed by atoms with Gasteiger partial charge in [0.05, 0.1) is 13.1 Å². The van der Waals surface area contributed by atoms with Gasteiger partial charge in [0.2, 0.25) is 11.8 Å². The second-order valence-electron chi connectivity index (χ2n) is 7.44. The van der Waals surface area contributed by atoms with E-state index in [1.54, 1.807) is 0 Å². The van der Waals surface area contributed by atoms with E-state index in [-0.39, 0.29) is 11.8 Å². The summed E-state index contributed by atoms with van der Waals surface area (Å²) < 4.78 is 0. The summed E-state index contributed by atoms with van der Waals surface area (Å²) in [7, 11) is 0. The minimum atomic E-state index is 0.0139. The fourth-order valence-corrected chi connectivity index (χ4v) is 3.33. The molecule has 1 aliphatic rings. The fraction of sp³-hybridized carbons (Fsp3) is 0.619. The van der Waals surface area contributed by atoms with Crippen LogP contribution >= 0.6 is 0 Å². The number of amides is 2. The summed E-state index contributed by atoms with van der Waals surface area (Å²) in [5, 5.41) is 2.97. The van der Waals surface area contributed by atoms with Crippen LogP contribution in [0.1, 0.15) is 39.2 Å². The first-order valence-electron chi connectivity index (χ1n) is 10.0. The van der Waals surface area contributed by atoms with Crippen LogP contribution in [0, 0.1) is 0 Å². The number of hydrogen-bond donors (Lipinski definition) is 1. The lowest BCUT2D eigenvalue weighted by Crippen LogP contribution is -2.51. The molecular formula is C21H34N4O2. The molecule has 1 heterocycles. The van der Waals surface area contributed by atoms with Crippen LogP contribution in [-0.4, -0.2) is 78.9 Å². The molecule has 2 rings (SSSR count). The van der Waals surface area contributed by atoms with Crippen LogP contribution in [0.5, 0.6) is 0 Å². The molecule has 150 valence electrons. The van der Waals surface area contributed by atoms with Crippen LogP contribution in [0.3, 0.4) is 0 Å². The van der Waals surface area contributed by atoms with E-state index >= 15 is 0 Å². The summed E-state index contributed by atoms with van der Waals surface area (Å²) in [5.41, 5.74) is 2.11. The van der Waals surface area contributed by atoms with Crippen molar-refractivity contribution in [1.82, 2.24) is 14.7 Å². The van der Waals surface area contributed by atoms with E-state index in [2.05, 4.69) is 41.1 Å². The molecule has 1 aromatic rings. The lowest BCUT2D eigenvalue weighted by Gasteiger charge is -2.34. The standard InChI is InChI=1S/C21H34N4O2/c1-5-25(6-2)21(27)16-24-13-11-23(12-14-24)15-20(26)22-19-9-7-18(8-10-19)17(3)4/h7-10,17H,5-6,11-16H2,1-4H3,(H,22,26). The van der Waals surface area contributed by atoms with Gasteiger partial charge in [-0.15, -0.1) is 0 Å². The quantitative estimate of drug-likeness (QED) is 0.758. The van der Waals surface area contributed by atoms with Crippen molar-refractivity contribution in [2.45, 2.75) is 33.6 Å². The van der Waals surface area contributed by atoms with Crippen molar-refractivity contribution in [1.29, 1.82) is 0 Å². The molecule has 27 heavy (non-hydrogen) atoms. The molecule has 0 aromatic heterocycles. The molecule has 0 unspecified atom stereocenters. The van der Waals surface area contributed by atoms with E-state index in [1.165, 1.54) is 5.56 Å². The number of anilines is 1. The minimum absolute atomic E-state index is 0.0139. The first kappa shape index (κ1) is 21.4.